The third kappa shape index (κ3) is 8.08. The van der Waals surface area contributed by atoms with Crippen LogP contribution in [-0.4, -0.2) is 71.3 Å². The Morgan fingerprint density at radius 3 is 1.59 bits per heavy atom. The second-order valence-electron chi connectivity index (χ2n) is 9.21. The summed E-state index contributed by atoms with van der Waals surface area (Å²) in [7, 11) is 9.10. The maximum absolute atomic E-state index is 9.18. The number of aliphatic hydroxyl groups excluding tert-OH is 1. The summed E-state index contributed by atoms with van der Waals surface area (Å²) in [5.41, 5.74) is 0. The van der Waals surface area contributed by atoms with Crippen LogP contribution in [0.2, 0.25) is 0 Å². The van der Waals surface area contributed by atoms with Gasteiger partial charge in [-0.25, -0.2) is 0 Å². The fraction of sp³-hybridized carbons (Fsp3) is 1.00. The molecule has 3 nitrogen and oxygen atoms in total. The molecule has 2 saturated carbocycles. The van der Waals surface area contributed by atoms with E-state index in [2.05, 4.69) is 52.4 Å². The van der Waals surface area contributed by atoms with Gasteiger partial charge in [-0.05, 0) is 59.2 Å². The summed E-state index contributed by atoms with van der Waals surface area (Å²) in [4.78, 5) is 5.06. The van der Waals surface area contributed by atoms with Gasteiger partial charge in [-0.3, -0.25) is 0 Å². The summed E-state index contributed by atoms with van der Waals surface area (Å²) in [5, 5.41) is 9.18. The van der Waals surface area contributed by atoms with Crippen molar-refractivity contribution < 1.29 is 5.11 Å². The minimum atomic E-state index is 0.312. The molecule has 0 aliphatic heterocycles. The molecule has 0 spiro atoms. The number of hydrogen-bond donors (Lipinski definition) is 1. The Morgan fingerprint density at radius 2 is 1.19 bits per heavy atom. The van der Waals surface area contributed by atoms with Crippen molar-refractivity contribution in [2.45, 2.75) is 93.5 Å². The number of rotatable bonds is 12. The van der Waals surface area contributed by atoms with E-state index in [-0.39, 0.29) is 0 Å². The smallest absolute Gasteiger partial charge is 0.0443 e. The third-order valence-electron chi connectivity index (χ3n) is 6.34. The van der Waals surface area contributed by atoms with Crippen molar-refractivity contribution in [2.75, 3.05) is 46.9 Å². The molecule has 2 rings (SSSR count). The van der Waals surface area contributed by atoms with Gasteiger partial charge in [0.15, 0.2) is 0 Å². The van der Waals surface area contributed by atoms with Crippen LogP contribution in [0, 0.1) is 0 Å². The molecule has 0 bridgehead atoms. The van der Waals surface area contributed by atoms with Crippen LogP contribution in [0.3, 0.4) is 0 Å². The molecular weight excluding hydrogens is 372 g/mol. The van der Waals surface area contributed by atoms with E-state index in [1.165, 1.54) is 90.3 Å². The lowest BCUT2D eigenvalue weighted by Crippen LogP contribution is -2.43. The van der Waals surface area contributed by atoms with E-state index in [9.17, 15) is 5.11 Å². The summed E-state index contributed by atoms with van der Waals surface area (Å²) in [6.07, 6.45) is 16.1. The van der Waals surface area contributed by atoms with Crippen LogP contribution >= 0.6 is 21.6 Å². The summed E-state index contributed by atoms with van der Waals surface area (Å²) in [5.74, 6) is 0. The highest BCUT2D eigenvalue weighted by atomic mass is 33.1. The summed E-state index contributed by atoms with van der Waals surface area (Å²) < 4.78 is 0.877. The second-order valence-corrected chi connectivity index (χ2v) is 12.3. The first-order chi connectivity index (χ1) is 13.0. The SMILES string of the molecule is CCCN(C)CC1(SSC2(CN(C)CCCO)CCCCC2)CCCCC1. The maximum atomic E-state index is 9.18. The van der Waals surface area contributed by atoms with Gasteiger partial charge in [-0.2, -0.15) is 0 Å². The Morgan fingerprint density at radius 1 is 0.741 bits per heavy atom. The molecular formula is C22H44N2OS2. The van der Waals surface area contributed by atoms with Gasteiger partial charge in [0.05, 0.1) is 0 Å². The quantitative estimate of drug-likeness (QED) is 0.428. The standard InChI is InChI=1S/C22H44N2OS2/c1-4-16-23(2)19-21(12-7-5-8-13-21)26-27-22(14-9-6-10-15-22)20-24(3)17-11-18-25/h25H,4-20H2,1-3H3. The lowest BCUT2D eigenvalue weighted by molar-refractivity contribution is 0.222. The average Bonchev–Trinajstić information content (AvgIpc) is 2.67. The van der Waals surface area contributed by atoms with Gasteiger partial charge in [-0.1, -0.05) is 67.0 Å². The maximum Gasteiger partial charge on any atom is 0.0443 e. The van der Waals surface area contributed by atoms with Gasteiger partial charge in [-0.15, -0.1) is 0 Å². The molecule has 160 valence electrons. The van der Waals surface area contributed by atoms with Crippen LogP contribution in [-0.2, 0) is 0 Å². The fourth-order valence-electron chi connectivity index (χ4n) is 4.97. The van der Waals surface area contributed by atoms with Gasteiger partial charge in [0.25, 0.3) is 0 Å². The topological polar surface area (TPSA) is 26.7 Å². The first kappa shape index (κ1) is 23.9. The lowest BCUT2D eigenvalue weighted by atomic mass is 9.88. The number of nitrogens with zero attached hydrogens (tertiary/aromatic N) is 2. The van der Waals surface area contributed by atoms with Crippen LogP contribution in [0.4, 0.5) is 0 Å². The van der Waals surface area contributed by atoms with Crippen LogP contribution in [0.1, 0.15) is 84.0 Å². The molecule has 0 aromatic rings. The van der Waals surface area contributed by atoms with Crippen molar-refractivity contribution >= 4 is 21.6 Å². The Hall–Kier alpha value is 0.580. The number of aliphatic hydroxyl groups is 1. The van der Waals surface area contributed by atoms with Gasteiger partial charge in [0.2, 0.25) is 0 Å². The van der Waals surface area contributed by atoms with E-state index >= 15 is 0 Å². The van der Waals surface area contributed by atoms with Gasteiger partial charge < -0.3 is 14.9 Å². The Kier molecular flexibility index (Phi) is 10.9. The molecule has 2 aliphatic carbocycles. The van der Waals surface area contributed by atoms with Crippen molar-refractivity contribution in [1.82, 2.24) is 9.80 Å². The van der Waals surface area contributed by atoms with Crippen molar-refractivity contribution in [1.29, 1.82) is 0 Å². The molecule has 0 amide bonds. The normalized spacial score (nSPS) is 22.4. The summed E-state index contributed by atoms with van der Waals surface area (Å²) in [6, 6.07) is 0. The van der Waals surface area contributed by atoms with Crippen molar-refractivity contribution in [3.05, 3.63) is 0 Å². The molecule has 27 heavy (non-hydrogen) atoms. The Bertz CT molecular complexity index is 396. The third-order valence-corrected chi connectivity index (χ3v) is 10.6. The zero-order valence-electron chi connectivity index (χ0n) is 18.2. The molecule has 0 aromatic heterocycles. The molecule has 0 unspecified atom stereocenters. The number of hydrogen-bond acceptors (Lipinski definition) is 5. The van der Waals surface area contributed by atoms with E-state index in [1.54, 1.807) is 0 Å². The predicted molar refractivity (Wildman–Crippen MR) is 124 cm³/mol. The van der Waals surface area contributed by atoms with E-state index in [4.69, 9.17) is 0 Å². The van der Waals surface area contributed by atoms with Crippen LogP contribution in [0.15, 0.2) is 0 Å². The van der Waals surface area contributed by atoms with Crippen LogP contribution < -0.4 is 0 Å². The highest BCUT2D eigenvalue weighted by molar-refractivity contribution is 8.77. The van der Waals surface area contributed by atoms with Crippen LogP contribution in [0.25, 0.3) is 0 Å². The first-order valence-corrected chi connectivity index (χ1v) is 13.5. The fourth-order valence-corrected chi connectivity index (χ4v) is 9.16. The van der Waals surface area contributed by atoms with Crippen LogP contribution in [0.5, 0.6) is 0 Å². The highest BCUT2D eigenvalue weighted by Crippen LogP contribution is 2.54. The summed E-state index contributed by atoms with van der Waals surface area (Å²) >= 11 is 0. The minimum absolute atomic E-state index is 0.312. The molecule has 2 aliphatic rings. The predicted octanol–water partition coefficient (Wildman–Crippen LogP) is 5.43. The van der Waals surface area contributed by atoms with E-state index in [1.807, 2.05) is 0 Å². The molecule has 0 atom stereocenters. The van der Waals surface area contributed by atoms with E-state index < -0.39 is 0 Å². The molecule has 5 heteroatoms. The van der Waals surface area contributed by atoms with E-state index in [0.29, 0.717) is 16.1 Å². The van der Waals surface area contributed by atoms with Gasteiger partial charge in [0, 0.05) is 35.7 Å². The van der Waals surface area contributed by atoms with Gasteiger partial charge >= 0.3 is 0 Å². The minimum Gasteiger partial charge on any atom is -0.396 e. The summed E-state index contributed by atoms with van der Waals surface area (Å²) in [6.45, 7) is 7.30. The van der Waals surface area contributed by atoms with Crippen molar-refractivity contribution in [3.63, 3.8) is 0 Å². The molecule has 2 fully saturated rings. The molecule has 0 saturated heterocycles. The lowest BCUT2D eigenvalue weighted by Gasteiger charge is -2.44. The van der Waals surface area contributed by atoms with Crippen molar-refractivity contribution in [2.24, 2.45) is 0 Å². The first-order valence-electron chi connectivity index (χ1n) is 11.4. The highest BCUT2D eigenvalue weighted by Gasteiger charge is 2.40. The Balaban J connectivity index is 2.00. The monoisotopic (exact) mass is 416 g/mol. The zero-order chi connectivity index (χ0) is 19.6. The van der Waals surface area contributed by atoms with Crippen molar-refractivity contribution in [3.8, 4) is 0 Å². The zero-order valence-corrected chi connectivity index (χ0v) is 19.8. The second kappa shape index (κ2) is 12.3. The molecule has 0 radical (unpaired) electrons. The van der Waals surface area contributed by atoms with E-state index in [0.717, 1.165) is 13.0 Å². The Labute approximate surface area is 176 Å². The van der Waals surface area contributed by atoms with Gasteiger partial charge in [0.1, 0.15) is 0 Å². The largest absolute Gasteiger partial charge is 0.396 e. The molecule has 0 aromatic carbocycles. The molecule has 0 heterocycles. The molecule has 1 N–H and O–H groups in total. The average molecular weight is 417 g/mol.